The SMILES string of the molecule is CCC(CC)NC(=O)c1cnc(-c2noc3cc(-c4cccnc4)ccc23)s1. The predicted molar refractivity (Wildman–Crippen MR) is 110 cm³/mol. The van der Waals surface area contributed by atoms with Crippen LogP contribution in [0.2, 0.25) is 0 Å². The van der Waals surface area contributed by atoms with Crippen molar-refractivity contribution in [3.8, 4) is 21.8 Å². The number of fused-ring (bicyclic) bond motifs is 1. The van der Waals surface area contributed by atoms with Gasteiger partial charge in [-0.05, 0) is 36.6 Å². The molecule has 142 valence electrons. The van der Waals surface area contributed by atoms with E-state index in [1.54, 1.807) is 12.4 Å². The van der Waals surface area contributed by atoms with E-state index in [1.165, 1.54) is 11.3 Å². The second-order valence-corrected chi connectivity index (χ2v) is 7.53. The molecule has 0 fully saturated rings. The number of nitrogens with zero attached hydrogens (tertiary/aromatic N) is 3. The molecule has 0 bridgehead atoms. The minimum atomic E-state index is -0.0934. The van der Waals surface area contributed by atoms with Crippen molar-refractivity contribution in [2.75, 3.05) is 0 Å². The molecule has 1 amide bonds. The van der Waals surface area contributed by atoms with Gasteiger partial charge in [-0.3, -0.25) is 9.78 Å². The number of carbonyl (C=O) groups excluding carboxylic acids is 1. The second-order valence-electron chi connectivity index (χ2n) is 6.50. The number of thiazole rings is 1. The maximum atomic E-state index is 12.4. The first-order chi connectivity index (χ1) is 13.7. The fourth-order valence-corrected chi connectivity index (χ4v) is 3.86. The second kappa shape index (κ2) is 7.90. The number of carbonyl (C=O) groups is 1. The molecule has 3 heterocycles. The highest BCUT2D eigenvalue weighted by atomic mass is 32.1. The summed E-state index contributed by atoms with van der Waals surface area (Å²) < 4.78 is 5.53. The molecule has 4 aromatic rings. The molecule has 4 rings (SSSR count). The van der Waals surface area contributed by atoms with E-state index in [-0.39, 0.29) is 11.9 Å². The van der Waals surface area contributed by atoms with E-state index < -0.39 is 0 Å². The smallest absolute Gasteiger partial charge is 0.263 e. The van der Waals surface area contributed by atoms with Crippen LogP contribution in [0, 0.1) is 0 Å². The van der Waals surface area contributed by atoms with Crippen LogP contribution in [0.4, 0.5) is 0 Å². The summed E-state index contributed by atoms with van der Waals surface area (Å²) in [7, 11) is 0. The fourth-order valence-electron chi connectivity index (χ4n) is 3.04. The average molecular weight is 392 g/mol. The Morgan fingerprint density at radius 2 is 2.04 bits per heavy atom. The number of aromatic nitrogens is 3. The summed E-state index contributed by atoms with van der Waals surface area (Å²) in [5.41, 5.74) is 3.35. The zero-order valence-corrected chi connectivity index (χ0v) is 16.5. The Kier molecular flexibility index (Phi) is 5.16. The van der Waals surface area contributed by atoms with Crippen LogP contribution in [0.15, 0.2) is 53.4 Å². The fraction of sp³-hybridized carbons (Fsp3) is 0.238. The molecule has 28 heavy (non-hydrogen) atoms. The van der Waals surface area contributed by atoms with Crippen LogP contribution in [-0.2, 0) is 0 Å². The van der Waals surface area contributed by atoms with E-state index >= 15 is 0 Å². The van der Waals surface area contributed by atoms with Gasteiger partial charge in [-0.1, -0.05) is 31.1 Å². The van der Waals surface area contributed by atoms with Gasteiger partial charge in [0.05, 0.1) is 11.6 Å². The van der Waals surface area contributed by atoms with Gasteiger partial charge in [0.15, 0.2) is 5.58 Å². The molecule has 6 nitrogen and oxygen atoms in total. The summed E-state index contributed by atoms with van der Waals surface area (Å²) in [6.45, 7) is 4.13. The highest BCUT2D eigenvalue weighted by molar-refractivity contribution is 7.17. The zero-order valence-electron chi connectivity index (χ0n) is 15.7. The van der Waals surface area contributed by atoms with Gasteiger partial charge in [0.25, 0.3) is 5.91 Å². The van der Waals surface area contributed by atoms with Gasteiger partial charge in [-0.25, -0.2) is 4.98 Å². The molecule has 1 aromatic carbocycles. The maximum Gasteiger partial charge on any atom is 0.263 e. The molecule has 0 aliphatic heterocycles. The third kappa shape index (κ3) is 3.53. The Labute approximate surface area is 166 Å². The molecule has 0 aliphatic carbocycles. The molecular weight excluding hydrogens is 372 g/mol. The summed E-state index contributed by atoms with van der Waals surface area (Å²) in [4.78, 5) is 21.6. The van der Waals surface area contributed by atoms with E-state index in [9.17, 15) is 4.79 Å². The molecule has 0 saturated carbocycles. The van der Waals surface area contributed by atoms with E-state index in [2.05, 4.69) is 34.3 Å². The lowest BCUT2D eigenvalue weighted by molar-refractivity contribution is 0.0939. The molecule has 0 radical (unpaired) electrons. The van der Waals surface area contributed by atoms with Gasteiger partial charge in [-0.2, -0.15) is 0 Å². The van der Waals surface area contributed by atoms with Gasteiger partial charge in [0.1, 0.15) is 15.6 Å². The lowest BCUT2D eigenvalue weighted by Crippen LogP contribution is -2.33. The number of nitrogens with one attached hydrogen (secondary N) is 1. The van der Waals surface area contributed by atoms with Crippen molar-refractivity contribution in [3.63, 3.8) is 0 Å². The lowest BCUT2D eigenvalue weighted by atomic mass is 10.1. The minimum absolute atomic E-state index is 0.0934. The van der Waals surface area contributed by atoms with Crippen LogP contribution in [0.5, 0.6) is 0 Å². The van der Waals surface area contributed by atoms with Gasteiger partial charge in [-0.15, -0.1) is 11.3 Å². The van der Waals surface area contributed by atoms with Crippen LogP contribution < -0.4 is 5.32 Å². The number of hydrogen-bond acceptors (Lipinski definition) is 6. The molecule has 3 aromatic heterocycles. The molecule has 0 unspecified atom stereocenters. The predicted octanol–water partition coefficient (Wildman–Crippen LogP) is 4.93. The molecule has 0 spiro atoms. The zero-order chi connectivity index (χ0) is 19.5. The highest BCUT2D eigenvalue weighted by Gasteiger charge is 2.18. The number of rotatable bonds is 6. The third-order valence-corrected chi connectivity index (χ3v) is 5.72. The van der Waals surface area contributed by atoms with Crippen molar-refractivity contribution in [3.05, 3.63) is 53.8 Å². The monoisotopic (exact) mass is 392 g/mol. The topological polar surface area (TPSA) is 80.9 Å². The van der Waals surface area contributed by atoms with Crippen molar-refractivity contribution in [2.24, 2.45) is 0 Å². The highest BCUT2D eigenvalue weighted by Crippen LogP contribution is 2.33. The third-order valence-electron chi connectivity index (χ3n) is 4.72. The van der Waals surface area contributed by atoms with Gasteiger partial charge < -0.3 is 9.84 Å². The minimum Gasteiger partial charge on any atom is -0.356 e. The Balaban J connectivity index is 1.62. The Bertz CT molecular complexity index is 1100. The van der Waals surface area contributed by atoms with Gasteiger partial charge >= 0.3 is 0 Å². The molecule has 0 saturated heterocycles. The summed E-state index contributed by atoms with van der Waals surface area (Å²) >= 11 is 1.32. The van der Waals surface area contributed by atoms with Gasteiger partial charge in [0, 0.05) is 24.0 Å². The van der Waals surface area contributed by atoms with Crippen LogP contribution in [-0.4, -0.2) is 27.1 Å². The standard InChI is InChI=1S/C21H20N4O2S/c1-3-15(4-2)24-20(26)18-12-23-21(28-18)19-16-8-7-13(10-17(16)27-25-19)14-6-5-9-22-11-14/h5-12,15H,3-4H2,1-2H3,(H,24,26). The molecular formula is C21H20N4O2S. The molecule has 1 N–H and O–H groups in total. The summed E-state index contributed by atoms with van der Waals surface area (Å²) in [6, 6.07) is 9.99. The van der Waals surface area contributed by atoms with E-state index in [4.69, 9.17) is 4.52 Å². The maximum absolute atomic E-state index is 12.4. The van der Waals surface area contributed by atoms with E-state index in [1.807, 2.05) is 36.5 Å². The van der Waals surface area contributed by atoms with E-state index in [0.29, 0.717) is 21.2 Å². The number of pyridine rings is 1. The molecule has 7 heteroatoms. The van der Waals surface area contributed by atoms with Crippen LogP contribution in [0.1, 0.15) is 36.4 Å². The average Bonchev–Trinajstić information content (AvgIpc) is 3.39. The molecule has 0 atom stereocenters. The quantitative estimate of drug-likeness (QED) is 0.503. The van der Waals surface area contributed by atoms with Crippen molar-refractivity contribution in [2.45, 2.75) is 32.7 Å². The normalized spacial score (nSPS) is 11.2. The van der Waals surface area contributed by atoms with Crippen molar-refractivity contribution < 1.29 is 9.32 Å². The number of hydrogen-bond donors (Lipinski definition) is 1. The molecule has 0 aliphatic rings. The Morgan fingerprint density at radius 3 is 2.79 bits per heavy atom. The lowest BCUT2D eigenvalue weighted by Gasteiger charge is -2.13. The Morgan fingerprint density at radius 1 is 1.18 bits per heavy atom. The number of benzene rings is 1. The summed E-state index contributed by atoms with van der Waals surface area (Å²) in [6.07, 6.45) is 6.96. The van der Waals surface area contributed by atoms with Crippen molar-refractivity contribution in [1.29, 1.82) is 0 Å². The Hall–Kier alpha value is -3.06. The van der Waals surface area contributed by atoms with Crippen LogP contribution in [0.25, 0.3) is 32.8 Å². The summed E-state index contributed by atoms with van der Waals surface area (Å²) in [5, 5.41) is 8.77. The van der Waals surface area contributed by atoms with Crippen LogP contribution in [0.3, 0.4) is 0 Å². The summed E-state index contributed by atoms with van der Waals surface area (Å²) in [5.74, 6) is -0.0934. The van der Waals surface area contributed by atoms with Crippen LogP contribution >= 0.6 is 11.3 Å². The van der Waals surface area contributed by atoms with Crippen molar-refractivity contribution >= 4 is 28.2 Å². The first-order valence-electron chi connectivity index (χ1n) is 9.26. The number of amides is 1. The van der Waals surface area contributed by atoms with E-state index in [0.717, 1.165) is 29.4 Å². The first-order valence-corrected chi connectivity index (χ1v) is 10.1. The first kappa shape index (κ1) is 18.3. The van der Waals surface area contributed by atoms with Gasteiger partial charge in [0.2, 0.25) is 0 Å². The largest absolute Gasteiger partial charge is 0.356 e. The van der Waals surface area contributed by atoms with Crippen molar-refractivity contribution in [1.82, 2.24) is 20.4 Å².